The number of carbonyl (C=O) groups is 1. The van der Waals surface area contributed by atoms with E-state index in [-0.39, 0.29) is 5.91 Å². The summed E-state index contributed by atoms with van der Waals surface area (Å²) in [5, 5.41) is 7.40. The Balaban J connectivity index is 1.85. The van der Waals surface area contributed by atoms with Crippen molar-refractivity contribution >= 4 is 29.1 Å². The Labute approximate surface area is 144 Å². The number of nitrogens with two attached hydrogens (primary N) is 1. The van der Waals surface area contributed by atoms with Gasteiger partial charge in [0, 0.05) is 28.9 Å². The van der Waals surface area contributed by atoms with Crippen LogP contribution in [0, 0.1) is 0 Å². The van der Waals surface area contributed by atoms with Crippen molar-refractivity contribution in [3.8, 4) is 11.1 Å². The summed E-state index contributed by atoms with van der Waals surface area (Å²) in [6.45, 7) is 2.52. The summed E-state index contributed by atoms with van der Waals surface area (Å²) < 4.78 is 1.61. The van der Waals surface area contributed by atoms with E-state index in [0.717, 1.165) is 11.1 Å². The lowest BCUT2D eigenvalue weighted by molar-refractivity contribution is 0.101. The van der Waals surface area contributed by atoms with E-state index in [9.17, 15) is 4.79 Å². The lowest BCUT2D eigenvalue weighted by atomic mass is 10.1. The first-order chi connectivity index (χ1) is 11.6. The molecule has 3 aromatic rings. The van der Waals surface area contributed by atoms with Gasteiger partial charge < -0.3 is 11.1 Å². The molecule has 0 saturated carbocycles. The molecule has 0 atom stereocenters. The molecule has 0 aliphatic rings. The zero-order valence-corrected chi connectivity index (χ0v) is 13.8. The number of anilines is 2. The molecule has 0 saturated heterocycles. The van der Waals surface area contributed by atoms with Crippen molar-refractivity contribution in [3.63, 3.8) is 0 Å². The smallest absolute Gasteiger partial charge is 0.275 e. The molecule has 1 amide bonds. The molecule has 7 heteroatoms. The van der Waals surface area contributed by atoms with Gasteiger partial charge in [-0.25, -0.2) is 4.98 Å². The fourth-order valence-corrected chi connectivity index (χ4v) is 2.65. The van der Waals surface area contributed by atoms with Gasteiger partial charge in [0.15, 0.2) is 0 Å². The summed E-state index contributed by atoms with van der Waals surface area (Å²) in [5.74, 6) is 0.383. The Bertz CT molecular complexity index is 890. The summed E-state index contributed by atoms with van der Waals surface area (Å²) in [6, 6.07) is 12.5. The van der Waals surface area contributed by atoms with Crippen molar-refractivity contribution in [2.45, 2.75) is 13.5 Å². The molecule has 0 bridgehead atoms. The van der Waals surface area contributed by atoms with Crippen molar-refractivity contribution in [1.29, 1.82) is 0 Å². The van der Waals surface area contributed by atoms with E-state index in [0.29, 0.717) is 28.9 Å². The zero-order valence-electron chi connectivity index (χ0n) is 13.0. The first kappa shape index (κ1) is 16.0. The maximum atomic E-state index is 12.3. The van der Waals surface area contributed by atoms with Gasteiger partial charge in [0.1, 0.15) is 17.3 Å². The standard InChI is InChI=1S/C17H16ClN5O/c1-2-23-14(9-10-20-23)17(24)22-15-8-7-12(16(19)21-15)11-5-3-4-6-13(11)18/h3-10H,2H2,1H3,(H3,19,21,22,24). The van der Waals surface area contributed by atoms with Gasteiger partial charge in [-0.05, 0) is 31.2 Å². The van der Waals surface area contributed by atoms with Crippen LogP contribution in [-0.4, -0.2) is 20.7 Å². The van der Waals surface area contributed by atoms with E-state index in [1.807, 2.05) is 25.1 Å². The second kappa shape index (κ2) is 6.72. The van der Waals surface area contributed by atoms with Crippen molar-refractivity contribution in [2.75, 3.05) is 11.1 Å². The van der Waals surface area contributed by atoms with E-state index in [1.54, 1.807) is 35.1 Å². The van der Waals surface area contributed by atoms with E-state index in [2.05, 4.69) is 15.4 Å². The molecule has 0 radical (unpaired) electrons. The molecule has 0 aliphatic carbocycles. The Hall–Kier alpha value is -2.86. The van der Waals surface area contributed by atoms with E-state index in [1.165, 1.54) is 0 Å². The highest BCUT2D eigenvalue weighted by Gasteiger charge is 2.13. The molecule has 0 unspecified atom stereocenters. The zero-order chi connectivity index (χ0) is 17.1. The third-order valence-electron chi connectivity index (χ3n) is 3.58. The van der Waals surface area contributed by atoms with E-state index in [4.69, 9.17) is 17.3 Å². The molecule has 1 aromatic carbocycles. The van der Waals surface area contributed by atoms with Gasteiger partial charge in [0.25, 0.3) is 5.91 Å². The Morgan fingerprint density at radius 1 is 1.21 bits per heavy atom. The molecule has 3 rings (SSSR count). The monoisotopic (exact) mass is 341 g/mol. The summed E-state index contributed by atoms with van der Waals surface area (Å²) in [7, 11) is 0. The molecule has 24 heavy (non-hydrogen) atoms. The first-order valence-electron chi connectivity index (χ1n) is 7.44. The Morgan fingerprint density at radius 3 is 2.71 bits per heavy atom. The van der Waals surface area contributed by atoms with Crippen LogP contribution in [0.25, 0.3) is 11.1 Å². The number of amides is 1. The number of carbonyl (C=O) groups excluding carboxylic acids is 1. The number of nitrogens with zero attached hydrogens (tertiary/aromatic N) is 3. The van der Waals surface area contributed by atoms with Crippen LogP contribution in [0.2, 0.25) is 5.02 Å². The van der Waals surface area contributed by atoms with Crippen LogP contribution in [-0.2, 0) is 6.54 Å². The quantitative estimate of drug-likeness (QED) is 0.761. The molecular formula is C17H16ClN5O. The normalized spacial score (nSPS) is 10.6. The SMILES string of the molecule is CCn1nccc1C(=O)Nc1ccc(-c2ccccc2Cl)c(N)n1. The maximum Gasteiger partial charge on any atom is 0.275 e. The van der Waals surface area contributed by atoms with Gasteiger partial charge in [0.2, 0.25) is 0 Å². The van der Waals surface area contributed by atoms with E-state index >= 15 is 0 Å². The van der Waals surface area contributed by atoms with Gasteiger partial charge in [0.05, 0.1) is 0 Å². The molecule has 2 aromatic heterocycles. The predicted molar refractivity (Wildman–Crippen MR) is 94.9 cm³/mol. The number of nitrogens with one attached hydrogen (secondary N) is 1. The van der Waals surface area contributed by atoms with Crippen LogP contribution in [0.15, 0.2) is 48.7 Å². The fourth-order valence-electron chi connectivity index (χ4n) is 2.41. The van der Waals surface area contributed by atoms with E-state index < -0.39 is 0 Å². The van der Waals surface area contributed by atoms with Crippen LogP contribution >= 0.6 is 11.6 Å². The second-order valence-electron chi connectivity index (χ2n) is 5.10. The van der Waals surface area contributed by atoms with Gasteiger partial charge in [-0.15, -0.1) is 0 Å². The molecular weight excluding hydrogens is 326 g/mol. The second-order valence-corrected chi connectivity index (χ2v) is 5.50. The van der Waals surface area contributed by atoms with Crippen LogP contribution in [0.3, 0.4) is 0 Å². The first-order valence-corrected chi connectivity index (χ1v) is 7.82. The van der Waals surface area contributed by atoms with Gasteiger partial charge in [-0.3, -0.25) is 9.48 Å². The summed E-state index contributed by atoms with van der Waals surface area (Å²) in [4.78, 5) is 16.6. The largest absolute Gasteiger partial charge is 0.383 e. The number of pyridine rings is 1. The minimum atomic E-state index is -0.285. The third kappa shape index (κ3) is 3.09. The molecule has 0 spiro atoms. The molecule has 6 nitrogen and oxygen atoms in total. The number of aromatic nitrogens is 3. The highest BCUT2D eigenvalue weighted by molar-refractivity contribution is 6.33. The van der Waals surface area contributed by atoms with Gasteiger partial charge in [-0.1, -0.05) is 29.8 Å². The van der Waals surface area contributed by atoms with Crippen molar-refractivity contribution in [3.05, 3.63) is 59.4 Å². The van der Waals surface area contributed by atoms with Crippen molar-refractivity contribution in [1.82, 2.24) is 14.8 Å². The topological polar surface area (TPSA) is 85.8 Å². The van der Waals surface area contributed by atoms with Crippen molar-refractivity contribution < 1.29 is 4.79 Å². The number of halogens is 1. The molecule has 2 heterocycles. The van der Waals surface area contributed by atoms with Crippen molar-refractivity contribution in [2.24, 2.45) is 0 Å². The van der Waals surface area contributed by atoms with Crippen LogP contribution in [0.4, 0.5) is 11.6 Å². The minimum absolute atomic E-state index is 0.285. The average molecular weight is 342 g/mol. The van der Waals surface area contributed by atoms with Gasteiger partial charge >= 0.3 is 0 Å². The van der Waals surface area contributed by atoms with Crippen LogP contribution in [0.1, 0.15) is 17.4 Å². The number of aryl methyl sites for hydroxylation is 1. The summed E-state index contributed by atoms with van der Waals surface area (Å²) in [6.07, 6.45) is 1.58. The summed E-state index contributed by atoms with van der Waals surface area (Å²) >= 11 is 6.19. The highest BCUT2D eigenvalue weighted by Crippen LogP contribution is 2.31. The Morgan fingerprint density at radius 2 is 2.00 bits per heavy atom. The lowest BCUT2D eigenvalue weighted by Gasteiger charge is -2.10. The maximum absolute atomic E-state index is 12.3. The molecule has 122 valence electrons. The Kier molecular flexibility index (Phi) is 4.48. The van der Waals surface area contributed by atoms with Crippen LogP contribution < -0.4 is 11.1 Å². The van der Waals surface area contributed by atoms with Crippen LogP contribution in [0.5, 0.6) is 0 Å². The number of hydrogen-bond donors (Lipinski definition) is 2. The summed E-state index contributed by atoms with van der Waals surface area (Å²) in [5.41, 5.74) is 8.02. The average Bonchev–Trinajstić information content (AvgIpc) is 3.05. The minimum Gasteiger partial charge on any atom is -0.383 e. The molecule has 0 fully saturated rings. The predicted octanol–water partition coefficient (Wildman–Crippen LogP) is 3.45. The third-order valence-corrected chi connectivity index (χ3v) is 3.91. The number of rotatable bonds is 4. The molecule has 3 N–H and O–H groups in total. The number of hydrogen-bond acceptors (Lipinski definition) is 4. The lowest BCUT2D eigenvalue weighted by Crippen LogP contribution is -2.18. The van der Waals surface area contributed by atoms with Gasteiger partial charge in [-0.2, -0.15) is 5.10 Å². The number of nitrogen functional groups attached to an aromatic ring is 1. The number of benzene rings is 1. The highest BCUT2D eigenvalue weighted by atomic mass is 35.5. The fraction of sp³-hybridized carbons (Fsp3) is 0.118. The molecule has 0 aliphatic heterocycles.